The predicted molar refractivity (Wildman–Crippen MR) is 94.3 cm³/mol. The lowest BCUT2D eigenvalue weighted by molar-refractivity contribution is -0.122. The van der Waals surface area contributed by atoms with E-state index in [0.29, 0.717) is 32.8 Å². The van der Waals surface area contributed by atoms with Gasteiger partial charge in [-0.15, -0.1) is 0 Å². The maximum atomic E-state index is 12.6. The van der Waals surface area contributed by atoms with Gasteiger partial charge >= 0.3 is 0 Å². The van der Waals surface area contributed by atoms with Crippen LogP contribution in [0.4, 0.5) is 0 Å². The van der Waals surface area contributed by atoms with Crippen LogP contribution in [-0.4, -0.2) is 57.5 Å². The van der Waals surface area contributed by atoms with Gasteiger partial charge < -0.3 is 15.4 Å². The lowest BCUT2D eigenvalue weighted by Gasteiger charge is -2.26. The smallest absolute Gasteiger partial charge is 0.237 e. The first-order valence-corrected chi connectivity index (χ1v) is 10.3. The number of ether oxygens (including phenoxy) is 1. The Balaban J connectivity index is 1.64. The average molecular weight is 367 g/mol. The Morgan fingerprint density at radius 3 is 2.64 bits per heavy atom. The average Bonchev–Trinajstić information content (AvgIpc) is 3.16. The quantitative estimate of drug-likeness (QED) is 0.751. The van der Waals surface area contributed by atoms with E-state index in [0.717, 1.165) is 30.5 Å². The largest absolute Gasteiger partial charge is 0.379 e. The number of morpholine rings is 1. The van der Waals surface area contributed by atoms with Crippen molar-refractivity contribution in [2.75, 3.05) is 32.8 Å². The molecule has 2 aliphatic heterocycles. The van der Waals surface area contributed by atoms with Crippen molar-refractivity contribution in [2.45, 2.75) is 31.2 Å². The molecule has 2 saturated heterocycles. The van der Waals surface area contributed by atoms with Crippen molar-refractivity contribution in [1.82, 2.24) is 14.9 Å². The van der Waals surface area contributed by atoms with Crippen molar-refractivity contribution in [2.24, 2.45) is 0 Å². The number of hydrogen-bond acceptors (Lipinski definition) is 5. The lowest BCUT2D eigenvalue weighted by Crippen LogP contribution is -2.41. The predicted octanol–water partition coefficient (Wildman–Crippen LogP) is 0.217. The molecule has 1 aromatic carbocycles. The summed E-state index contributed by atoms with van der Waals surface area (Å²) >= 11 is 0. The van der Waals surface area contributed by atoms with E-state index in [9.17, 15) is 13.2 Å². The van der Waals surface area contributed by atoms with Crippen LogP contribution in [0.2, 0.25) is 0 Å². The first-order chi connectivity index (χ1) is 12.1. The molecule has 25 heavy (non-hydrogen) atoms. The van der Waals surface area contributed by atoms with Crippen molar-refractivity contribution in [3.63, 3.8) is 0 Å². The summed E-state index contributed by atoms with van der Waals surface area (Å²) in [7, 11) is -3.38. The van der Waals surface area contributed by atoms with Gasteiger partial charge in [0.1, 0.15) is 0 Å². The van der Waals surface area contributed by atoms with Crippen LogP contribution in [-0.2, 0) is 31.9 Å². The van der Waals surface area contributed by atoms with E-state index in [1.807, 2.05) is 24.3 Å². The summed E-state index contributed by atoms with van der Waals surface area (Å²) < 4.78 is 32.0. The highest BCUT2D eigenvalue weighted by molar-refractivity contribution is 7.88. The zero-order valence-electron chi connectivity index (χ0n) is 14.2. The topological polar surface area (TPSA) is 87.7 Å². The summed E-state index contributed by atoms with van der Waals surface area (Å²) in [6.07, 6.45) is 1.85. The Morgan fingerprint density at radius 2 is 1.96 bits per heavy atom. The van der Waals surface area contributed by atoms with Gasteiger partial charge in [-0.25, -0.2) is 8.42 Å². The Kier molecular flexibility index (Phi) is 6.06. The van der Waals surface area contributed by atoms with Crippen LogP contribution in [0.25, 0.3) is 0 Å². The van der Waals surface area contributed by atoms with Gasteiger partial charge in [-0.1, -0.05) is 24.3 Å². The molecule has 7 nitrogen and oxygen atoms in total. The van der Waals surface area contributed by atoms with Crippen molar-refractivity contribution >= 4 is 15.9 Å². The fourth-order valence-corrected chi connectivity index (χ4v) is 4.76. The number of benzene rings is 1. The molecule has 1 amide bonds. The van der Waals surface area contributed by atoms with Crippen molar-refractivity contribution in [3.05, 3.63) is 35.4 Å². The minimum atomic E-state index is -3.38. The molecule has 2 fully saturated rings. The molecule has 8 heteroatoms. The monoisotopic (exact) mass is 367 g/mol. The van der Waals surface area contributed by atoms with Crippen molar-refractivity contribution < 1.29 is 17.9 Å². The van der Waals surface area contributed by atoms with Gasteiger partial charge in [-0.2, -0.15) is 4.31 Å². The molecule has 2 N–H and O–H groups in total. The van der Waals surface area contributed by atoms with E-state index in [1.54, 1.807) is 0 Å². The number of carbonyl (C=O) groups excluding carboxylic acids is 1. The molecular formula is C17H25N3O4S. The van der Waals surface area contributed by atoms with E-state index in [2.05, 4.69) is 10.6 Å². The van der Waals surface area contributed by atoms with Gasteiger partial charge in [0, 0.05) is 19.6 Å². The minimum absolute atomic E-state index is 0.0247. The van der Waals surface area contributed by atoms with E-state index in [4.69, 9.17) is 4.74 Å². The third-order valence-corrected chi connectivity index (χ3v) is 6.48. The molecule has 2 aliphatic rings. The van der Waals surface area contributed by atoms with E-state index in [1.165, 1.54) is 4.31 Å². The zero-order valence-corrected chi connectivity index (χ0v) is 15.1. The third kappa shape index (κ3) is 4.78. The highest BCUT2D eigenvalue weighted by Crippen LogP contribution is 2.17. The zero-order chi connectivity index (χ0) is 17.7. The van der Waals surface area contributed by atoms with Gasteiger partial charge in [0.05, 0.1) is 25.0 Å². The molecule has 138 valence electrons. The molecule has 2 heterocycles. The number of nitrogens with one attached hydrogen (secondary N) is 2. The second kappa shape index (κ2) is 8.27. The molecule has 0 aromatic heterocycles. The van der Waals surface area contributed by atoms with E-state index in [-0.39, 0.29) is 17.7 Å². The maximum Gasteiger partial charge on any atom is 0.237 e. The third-order valence-electron chi connectivity index (χ3n) is 4.65. The number of amides is 1. The van der Waals surface area contributed by atoms with Gasteiger partial charge in [0.2, 0.25) is 15.9 Å². The fourth-order valence-electron chi connectivity index (χ4n) is 3.20. The molecule has 3 rings (SSSR count). The number of nitrogens with zero attached hydrogens (tertiary/aromatic N) is 1. The van der Waals surface area contributed by atoms with E-state index < -0.39 is 10.0 Å². The Morgan fingerprint density at radius 1 is 1.24 bits per heavy atom. The highest BCUT2D eigenvalue weighted by Gasteiger charge is 2.26. The molecule has 0 radical (unpaired) electrons. The minimum Gasteiger partial charge on any atom is -0.379 e. The standard InChI is InChI=1S/C17H25N3O4S/c21-17(16-6-3-7-18-16)19-12-14-4-1-2-5-15(14)13-25(22,23)20-8-10-24-11-9-20/h1-2,4-5,16,18H,3,6-13H2,(H,19,21). The number of rotatable bonds is 6. The number of hydrogen-bond donors (Lipinski definition) is 2. The normalized spacial score (nSPS) is 22.0. The first-order valence-electron chi connectivity index (χ1n) is 8.70. The summed E-state index contributed by atoms with van der Waals surface area (Å²) in [4.78, 5) is 12.1. The molecule has 0 aliphatic carbocycles. The summed E-state index contributed by atoms with van der Waals surface area (Å²) in [6.45, 7) is 2.87. The number of sulfonamides is 1. The summed E-state index contributed by atoms with van der Waals surface area (Å²) in [5.74, 6) is -0.0795. The molecule has 0 saturated carbocycles. The van der Waals surface area contributed by atoms with Gasteiger partial charge in [-0.3, -0.25) is 4.79 Å². The van der Waals surface area contributed by atoms with Gasteiger partial charge in [0.25, 0.3) is 0 Å². The second-order valence-corrected chi connectivity index (χ2v) is 8.37. The molecule has 1 aromatic rings. The summed E-state index contributed by atoms with van der Waals surface area (Å²) in [5.41, 5.74) is 1.57. The summed E-state index contributed by atoms with van der Waals surface area (Å²) in [5, 5.41) is 6.08. The van der Waals surface area contributed by atoms with Gasteiger partial charge in [0.15, 0.2) is 0 Å². The first kappa shape index (κ1) is 18.3. The van der Waals surface area contributed by atoms with Crippen LogP contribution < -0.4 is 10.6 Å². The molecule has 1 atom stereocenters. The van der Waals surface area contributed by atoms with Crippen LogP contribution in [0, 0.1) is 0 Å². The lowest BCUT2D eigenvalue weighted by atomic mass is 10.1. The van der Waals surface area contributed by atoms with Crippen molar-refractivity contribution in [1.29, 1.82) is 0 Å². The fraction of sp³-hybridized carbons (Fsp3) is 0.588. The molecular weight excluding hydrogens is 342 g/mol. The second-order valence-electron chi connectivity index (χ2n) is 6.40. The Labute approximate surface area is 148 Å². The Bertz CT molecular complexity index is 696. The van der Waals surface area contributed by atoms with Crippen LogP contribution in [0.3, 0.4) is 0 Å². The van der Waals surface area contributed by atoms with E-state index >= 15 is 0 Å². The SMILES string of the molecule is O=C(NCc1ccccc1CS(=O)(=O)N1CCOCC1)C1CCCN1. The van der Waals surface area contributed by atoms with Crippen LogP contribution in [0.15, 0.2) is 24.3 Å². The molecule has 0 spiro atoms. The van der Waals surface area contributed by atoms with Crippen molar-refractivity contribution in [3.8, 4) is 0 Å². The summed E-state index contributed by atoms with van der Waals surface area (Å²) in [6, 6.07) is 7.23. The van der Waals surface area contributed by atoms with Crippen LogP contribution in [0.5, 0.6) is 0 Å². The van der Waals surface area contributed by atoms with Crippen LogP contribution in [0.1, 0.15) is 24.0 Å². The van der Waals surface area contributed by atoms with Gasteiger partial charge in [-0.05, 0) is 30.5 Å². The molecule has 1 unspecified atom stereocenters. The highest BCUT2D eigenvalue weighted by atomic mass is 32.2. The Hall–Kier alpha value is -1.48. The number of carbonyl (C=O) groups is 1. The van der Waals surface area contributed by atoms with Crippen LogP contribution >= 0.6 is 0 Å². The molecule has 0 bridgehead atoms. The maximum absolute atomic E-state index is 12.6.